The Kier molecular flexibility index (Phi) is 5.56. The Hall–Kier alpha value is -3.64. The fraction of sp³-hybridized carbons (Fsp3) is 0.333. The molecule has 0 saturated carbocycles. The molecule has 2 aliphatic rings. The molecule has 0 aliphatic carbocycles. The van der Waals surface area contributed by atoms with Crippen LogP contribution in [0.5, 0.6) is 0 Å². The second kappa shape index (κ2) is 8.79. The van der Waals surface area contributed by atoms with Crippen molar-refractivity contribution in [3.05, 3.63) is 101 Å². The molecule has 1 amide bonds. The monoisotopic (exact) mass is 480 g/mol. The SMILES string of the molecule is Cc1ccc(CC(C(=O)N2CC3(COC3)C2)n2c(=N)n(Cc3ccc(C)cc3)c3ccccc32)cc1. The number of hydrogen-bond donors (Lipinski definition) is 1. The third-order valence-corrected chi connectivity index (χ3v) is 7.70. The van der Waals surface area contributed by atoms with Crippen LogP contribution in [0, 0.1) is 24.7 Å². The summed E-state index contributed by atoms with van der Waals surface area (Å²) in [5.41, 5.74) is 7.04. The molecule has 3 heterocycles. The van der Waals surface area contributed by atoms with Crippen LogP contribution >= 0.6 is 0 Å². The summed E-state index contributed by atoms with van der Waals surface area (Å²) in [6, 6.07) is 24.4. The van der Waals surface area contributed by atoms with E-state index in [9.17, 15) is 10.2 Å². The lowest BCUT2D eigenvalue weighted by molar-refractivity contribution is -0.197. The average Bonchev–Trinajstić information content (AvgIpc) is 3.09. The number of fused-ring (bicyclic) bond motifs is 1. The fourth-order valence-corrected chi connectivity index (χ4v) is 5.55. The molecule has 1 atom stereocenters. The number of hydrogen-bond acceptors (Lipinski definition) is 3. The smallest absolute Gasteiger partial charge is 0.246 e. The van der Waals surface area contributed by atoms with E-state index in [2.05, 4.69) is 68.4 Å². The van der Waals surface area contributed by atoms with E-state index in [4.69, 9.17) is 4.74 Å². The average molecular weight is 481 g/mol. The van der Waals surface area contributed by atoms with Crippen LogP contribution in [-0.2, 0) is 22.5 Å². The van der Waals surface area contributed by atoms with Crippen LogP contribution in [-0.4, -0.2) is 46.2 Å². The summed E-state index contributed by atoms with van der Waals surface area (Å²) in [5.74, 6) is 0.0878. The van der Waals surface area contributed by atoms with Gasteiger partial charge in [0.05, 0.1) is 36.2 Å². The maximum absolute atomic E-state index is 14.0. The highest BCUT2D eigenvalue weighted by molar-refractivity contribution is 5.85. The van der Waals surface area contributed by atoms with E-state index in [1.165, 1.54) is 11.1 Å². The first-order valence-electron chi connectivity index (χ1n) is 12.6. The lowest BCUT2D eigenvalue weighted by atomic mass is 9.77. The summed E-state index contributed by atoms with van der Waals surface area (Å²) in [7, 11) is 0. The summed E-state index contributed by atoms with van der Waals surface area (Å²) in [4.78, 5) is 16.0. The van der Waals surface area contributed by atoms with Gasteiger partial charge in [0.25, 0.3) is 0 Å². The normalized spacial score (nSPS) is 17.1. The number of nitrogens with one attached hydrogen (secondary N) is 1. The van der Waals surface area contributed by atoms with E-state index in [0.717, 1.165) is 48.5 Å². The van der Waals surface area contributed by atoms with Crippen LogP contribution in [0.4, 0.5) is 0 Å². The lowest BCUT2D eigenvalue weighted by Gasteiger charge is -2.55. The highest BCUT2D eigenvalue weighted by Crippen LogP contribution is 2.39. The highest BCUT2D eigenvalue weighted by atomic mass is 16.5. The molecule has 6 nitrogen and oxygen atoms in total. The van der Waals surface area contributed by atoms with E-state index in [-0.39, 0.29) is 11.3 Å². The first kappa shape index (κ1) is 22.8. The minimum Gasteiger partial charge on any atom is -0.380 e. The van der Waals surface area contributed by atoms with Crippen molar-refractivity contribution in [2.45, 2.75) is 32.9 Å². The Bertz CT molecular complexity index is 1470. The molecule has 36 heavy (non-hydrogen) atoms. The number of aromatic nitrogens is 2. The maximum Gasteiger partial charge on any atom is 0.246 e. The summed E-state index contributed by atoms with van der Waals surface area (Å²) in [6.07, 6.45) is 0.550. The first-order valence-corrected chi connectivity index (χ1v) is 12.6. The van der Waals surface area contributed by atoms with Gasteiger partial charge in [-0.25, -0.2) is 0 Å². The van der Waals surface area contributed by atoms with Gasteiger partial charge < -0.3 is 14.2 Å². The molecule has 0 radical (unpaired) electrons. The van der Waals surface area contributed by atoms with Crippen LogP contribution in [0.15, 0.2) is 72.8 Å². The minimum atomic E-state index is -0.484. The molecule has 6 heteroatoms. The van der Waals surface area contributed by atoms with Crippen molar-refractivity contribution in [1.82, 2.24) is 14.0 Å². The van der Waals surface area contributed by atoms with Gasteiger partial charge in [-0.05, 0) is 37.1 Å². The zero-order valence-corrected chi connectivity index (χ0v) is 20.9. The summed E-state index contributed by atoms with van der Waals surface area (Å²) in [6.45, 7) is 7.70. The van der Waals surface area contributed by atoms with E-state index < -0.39 is 6.04 Å². The number of carbonyl (C=O) groups excluding carboxylic acids is 1. The second-order valence-corrected chi connectivity index (χ2v) is 10.6. The molecule has 3 aromatic carbocycles. The van der Waals surface area contributed by atoms with Crippen molar-refractivity contribution in [1.29, 1.82) is 5.41 Å². The number of likely N-dealkylation sites (tertiary alicyclic amines) is 1. The van der Waals surface area contributed by atoms with Crippen molar-refractivity contribution < 1.29 is 9.53 Å². The topological polar surface area (TPSA) is 63.2 Å². The summed E-state index contributed by atoms with van der Waals surface area (Å²) in [5, 5.41) is 9.27. The zero-order chi connectivity index (χ0) is 24.9. The van der Waals surface area contributed by atoms with Crippen LogP contribution in [0.3, 0.4) is 0 Å². The third kappa shape index (κ3) is 3.95. The largest absolute Gasteiger partial charge is 0.380 e. The summed E-state index contributed by atoms with van der Waals surface area (Å²) >= 11 is 0. The molecule has 1 unspecified atom stereocenters. The van der Waals surface area contributed by atoms with Crippen molar-refractivity contribution in [3.8, 4) is 0 Å². The molecule has 2 fully saturated rings. The quantitative estimate of drug-likeness (QED) is 0.449. The molecule has 1 aromatic heterocycles. The Morgan fingerprint density at radius 2 is 1.47 bits per heavy atom. The highest BCUT2D eigenvalue weighted by Gasteiger charge is 2.51. The molecular weight excluding hydrogens is 448 g/mol. The number of ether oxygens (including phenoxy) is 1. The molecule has 1 spiro atoms. The number of carbonyl (C=O) groups is 1. The molecule has 1 N–H and O–H groups in total. The van der Waals surface area contributed by atoms with Gasteiger partial charge in [-0.2, -0.15) is 0 Å². The number of amides is 1. The van der Waals surface area contributed by atoms with E-state index >= 15 is 0 Å². The van der Waals surface area contributed by atoms with Gasteiger partial charge in [0, 0.05) is 19.5 Å². The standard InChI is InChI=1S/C30H32N4O2/c1-21-7-11-23(12-8-21)15-27(28(35)32-17-30(18-32)19-36-20-30)34-26-6-4-3-5-25(26)33(29(34)31)16-24-13-9-22(2)10-14-24/h3-14,27,31H,15-20H2,1-2H3. The van der Waals surface area contributed by atoms with Crippen LogP contribution < -0.4 is 5.62 Å². The van der Waals surface area contributed by atoms with E-state index in [1.54, 1.807) is 0 Å². The van der Waals surface area contributed by atoms with Gasteiger partial charge in [-0.15, -0.1) is 0 Å². The zero-order valence-electron chi connectivity index (χ0n) is 20.9. The lowest BCUT2D eigenvalue weighted by Crippen LogP contribution is -2.68. The van der Waals surface area contributed by atoms with Gasteiger partial charge in [0.1, 0.15) is 6.04 Å². The summed E-state index contributed by atoms with van der Waals surface area (Å²) < 4.78 is 9.40. The van der Waals surface area contributed by atoms with Gasteiger partial charge in [0.2, 0.25) is 11.5 Å². The number of rotatable bonds is 6. The molecule has 0 bridgehead atoms. The molecular formula is C30H32N4O2. The first-order chi connectivity index (χ1) is 17.4. The second-order valence-electron chi connectivity index (χ2n) is 10.6. The Balaban J connectivity index is 1.42. The number of para-hydroxylation sites is 2. The van der Waals surface area contributed by atoms with Gasteiger partial charge >= 0.3 is 0 Å². The molecule has 2 saturated heterocycles. The van der Waals surface area contributed by atoms with Crippen LogP contribution in [0.25, 0.3) is 11.0 Å². The van der Waals surface area contributed by atoms with Crippen molar-refractivity contribution in [2.75, 3.05) is 26.3 Å². The maximum atomic E-state index is 14.0. The van der Waals surface area contributed by atoms with Crippen molar-refractivity contribution >= 4 is 16.9 Å². The van der Waals surface area contributed by atoms with Crippen molar-refractivity contribution in [3.63, 3.8) is 0 Å². The third-order valence-electron chi connectivity index (χ3n) is 7.70. The van der Waals surface area contributed by atoms with Gasteiger partial charge in [0.15, 0.2) is 0 Å². The predicted molar refractivity (Wildman–Crippen MR) is 140 cm³/mol. The molecule has 4 aromatic rings. The number of nitrogens with zero attached hydrogens (tertiary/aromatic N) is 3. The predicted octanol–water partition coefficient (Wildman–Crippen LogP) is 4.23. The molecule has 2 aliphatic heterocycles. The number of benzene rings is 3. The molecule has 184 valence electrons. The van der Waals surface area contributed by atoms with Gasteiger partial charge in [-0.3, -0.25) is 14.8 Å². The van der Waals surface area contributed by atoms with Crippen molar-refractivity contribution in [2.24, 2.45) is 5.41 Å². The van der Waals surface area contributed by atoms with Crippen LogP contribution in [0.2, 0.25) is 0 Å². The van der Waals surface area contributed by atoms with Gasteiger partial charge in [-0.1, -0.05) is 71.8 Å². The minimum absolute atomic E-state index is 0.0878. The Morgan fingerprint density at radius 1 is 0.889 bits per heavy atom. The van der Waals surface area contributed by atoms with E-state index in [1.807, 2.05) is 32.2 Å². The number of imidazole rings is 1. The Morgan fingerprint density at radius 3 is 2.06 bits per heavy atom. The number of aryl methyl sites for hydroxylation is 2. The Labute approximate surface area is 211 Å². The fourth-order valence-electron chi connectivity index (χ4n) is 5.55. The molecule has 6 rings (SSSR count). The van der Waals surface area contributed by atoms with E-state index in [0.29, 0.717) is 18.6 Å². The van der Waals surface area contributed by atoms with Crippen LogP contribution in [0.1, 0.15) is 28.3 Å².